The van der Waals surface area contributed by atoms with Gasteiger partial charge in [-0.25, -0.2) is 4.79 Å². The van der Waals surface area contributed by atoms with Gasteiger partial charge in [-0.3, -0.25) is 0 Å². The highest BCUT2D eigenvalue weighted by Gasteiger charge is 2.24. The lowest BCUT2D eigenvalue weighted by atomic mass is 9.90. The summed E-state index contributed by atoms with van der Waals surface area (Å²) in [5, 5.41) is 10.3. The van der Waals surface area contributed by atoms with E-state index in [2.05, 4.69) is 112 Å². The van der Waals surface area contributed by atoms with E-state index in [0.29, 0.717) is 57.9 Å². The van der Waals surface area contributed by atoms with E-state index in [1.54, 1.807) is 12.1 Å². The number of halogens is 3. The SMILES string of the molecule is CCCOc1c2cc(Br)cc1Cc1cc(Br)cc(c1OCCC)Cc1cc(C(=O)O)cc(c1OCCC)Cc1cc(Br)cc(c1OCCC)C2. The number of benzene rings is 4. The zero-order chi connectivity index (χ0) is 35.8. The van der Waals surface area contributed by atoms with Crippen LogP contribution in [0, 0.1) is 0 Å². The van der Waals surface area contributed by atoms with Crippen molar-refractivity contribution in [2.45, 2.75) is 79.1 Å². The fourth-order valence-electron chi connectivity index (χ4n) is 6.44. The van der Waals surface area contributed by atoms with E-state index >= 15 is 0 Å². The van der Waals surface area contributed by atoms with Gasteiger partial charge in [-0.15, -0.1) is 0 Å². The molecule has 6 nitrogen and oxygen atoms in total. The first kappa shape index (κ1) is 38.2. The first-order valence-electron chi connectivity index (χ1n) is 17.5. The highest BCUT2D eigenvalue weighted by atomic mass is 79.9. The van der Waals surface area contributed by atoms with Gasteiger partial charge >= 0.3 is 5.97 Å². The molecule has 0 saturated heterocycles. The number of carboxylic acid groups (broad SMARTS) is 1. The summed E-state index contributed by atoms with van der Waals surface area (Å²) in [6.45, 7) is 10.6. The number of carbonyl (C=O) groups is 1. The Morgan fingerprint density at radius 2 is 0.700 bits per heavy atom. The molecule has 1 aliphatic rings. The normalized spacial score (nSPS) is 12.4. The molecule has 0 atom stereocenters. The monoisotopic (exact) mass is 870 g/mol. The second-order valence-electron chi connectivity index (χ2n) is 12.7. The zero-order valence-electron chi connectivity index (χ0n) is 29.2. The van der Waals surface area contributed by atoms with Gasteiger partial charge in [-0.1, -0.05) is 75.5 Å². The van der Waals surface area contributed by atoms with Gasteiger partial charge in [0, 0.05) is 72.5 Å². The van der Waals surface area contributed by atoms with Gasteiger partial charge in [0.25, 0.3) is 0 Å². The number of hydrogen-bond acceptors (Lipinski definition) is 5. The number of rotatable bonds is 13. The quantitative estimate of drug-likeness (QED) is 0.127. The summed E-state index contributed by atoms with van der Waals surface area (Å²) in [6.07, 6.45) is 5.37. The molecule has 0 radical (unpaired) electrons. The lowest BCUT2D eigenvalue weighted by Crippen LogP contribution is -2.11. The second-order valence-corrected chi connectivity index (χ2v) is 15.4. The maximum absolute atomic E-state index is 12.6. The molecule has 0 aliphatic heterocycles. The summed E-state index contributed by atoms with van der Waals surface area (Å²) < 4.78 is 29.0. The molecule has 0 saturated carbocycles. The van der Waals surface area contributed by atoms with E-state index in [1.807, 2.05) is 0 Å². The third kappa shape index (κ3) is 9.25. The molecule has 0 aromatic heterocycles. The molecule has 0 amide bonds. The molecule has 266 valence electrons. The maximum atomic E-state index is 12.6. The summed E-state index contributed by atoms with van der Waals surface area (Å²) >= 11 is 11.4. The fourth-order valence-corrected chi connectivity index (χ4v) is 8.10. The average molecular weight is 874 g/mol. The Labute approximate surface area is 321 Å². The van der Waals surface area contributed by atoms with Crippen LogP contribution < -0.4 is 18.9 Å². The van der Waals surface area contributed by atoms with E-state index in [0.717, 1.165) is 101 Å². The largest absolute Gasteiger partial charge is 0.493 e. The van der Waals surface area contributed by atoms with E-state index < -0.39 is 5.97 Å². The van der Waals surface area contributed by atoms with Crippen LogP contribution in [0.2, 0.25) is 0 Å². The standard InChI is InChI=1S/C41H45Br3O6/c1-5-9-47-37-25-13-27-19-34(42)21-29(38(27)48-10-6-2)15-31-23-36(44)24-32(40(31)50-12-8-4)16-30-22-35(43)20-28(39(30)49-11-7-3)14-26(37)18-33(17-25)41(45)46/h17-24H,5-16H2,1-4H3,(H,45,46). The third-order valence-electron chi connectivity index (χ3n) is 8.44. The van der Waals surface area contributed by atoms with Crippen LogP contribution in [-0.4, -0.2) is 37.5 Å². The molecular weight excluding hydrogens is 828 g/mol. The van der Waals surface area contributed by atoms with Crippen LogP contribution in [0.4, 0.5) is 0 Å². The van der Waals surface area contributed by atoms with Crippen LogP contribution in [0.1, 0.15) is 108 Å². The minimum atomic E-state index is -0.984. The summed E-state index contributed by atoms with van der Waals surface area (Å²) in [4.78, 5) is 12.6. The number of hydrogen-bond donors (Lipinski definition) is 1. The smallest absolute Gasteiger partial charge is 0.335 e. The van der Waals surface area contributed by atoms with Crippen molar-refractivity contribution in [3.63, 3.8) is 0 Å². The Balaban J connectivity index is 1.87. The number of ether oxygens (including phenoxy) is 4. The molecule has 50 heavy (non-hydrogen) atoms. The van der Waals surface area contributed by atoms with Crippen LogP contribution in [0.5, 0.6) is 23.0 Å². The fraction of sp³-hybridized carbons (Fsp3) is 0.390. The van der Waals surface area contributed by atoms with Gasteiger partial charge in [-0.2, -0.15) is 0 Å². The van der Waals surface area contributed by atoms with Crippen molar-refractivity contribution in [3.05, 3.63) is 112 Å². The Kier molecular flexibility index (Phi) is 13.7. The van der Waals surface area contributed by atoms with Gasteiger partial charge < -0.3 is 24.1 Å². The van der Waals surface area contributed by atoms with Gasteiger partial charge in [0.05, 0.1) is 32.0 Å². The summed E-state index contributed by atoms with van der Waals surface area (Å²) in [5.74, 6) is 2.21. The van der Waals surface area contributed by atoms with E-state index in [1.165, 1.54) is 0 Å². The van der Waals surface area contributed by atoms with Crippen LogP contribution in [-0.2, 0) is 25.7 Å². The van der Waals surface area contributed by atoms with Crippen LogP contribution in [0.25, 0.3) is 0 Å². The molecule has 0 heterocycles. The summed E-state index contributed by atoms with van der Waals surface area (Å²) in [5.41, 5.74) is 7.85. The molecule has 0 spiro atoms. The highest BCUT2D eigenvalue weighted by molar-refractivity contribution is 9.11. The third-order valence-corrected chi connectivity index (χ3v) is 9.81. The average Bonchev–Trinajstić information content (AvgIpc) is 3.06. The first-order valence-corrected chi connectivity index (χ1v) is 19.9. The first-order chi connectivity index (χ1) is 24.1. The molecule has 8 bridgehead atoms. The maximum Gasteiger partial charge on any atom is 0.335 e. The number of carboxylic acids is 1. The summed E-state index contributed by atoms with van der Waals surface area (Å²) in [7, 11) is 0. The predicted octanol–water partition coefficient (Wildman–Crippen LogP) is 11.5. The predicted molar refractivity (Wildman–Crippen MR) is 210 cm³/mol. The lowest BCUT2D eigenvalue weighted by Gasteiger charge is -2.23. The molecule has 0 fully saturated rings. The van der Waals surface area contributed by atoms with Crippen LogP contribution >= 0.6 is 47.8 Å². The molecule has 5 rings (SSSR count). The van der Waals surface area contributed by atoms with Crippen molar-refractivity contribution in [1.82, 2.24) is 0 Å². The molecule has 4 aromatic carbocycles. The molecule has 9 heteroatoms. The minimum Gasteiger partial charge on any atom is -0.493 e. The minimum absolute atomic E-state index is 0.218. The zero-order valence-corrected chi connectivity index (χ0v) is 34.0. The van der Waals surface area contributed by atoms with Gasteiger partial charge in [0.1, 0.15) is 23.0 Å². The van der Waals surface area contributed by atoms with Gasteiger partial charge in [0.2, 0.25) is 0 Å². The molecular formula is C41H45Br3O6. The van der Waals surface area contributed by atoms with Crippen molar-refractivity contribution >= 4 is 53.8 Å². The molecule has 1 N–H and O–H groups in total. The van der Waals surface area contributed by atoms with E-state index in [9.17, 15) is 9.90 Å². The van der Waals surface area contributed by atoms with Crippen molar-refractivity contribution in [1.29, 1.82) is 0 Å². The number of fused-ring (bicyclic) bond motifs is 8. The Bertz CT molecular complexity index is 1720. The number of aromatic carboxylic acids is 1. The molecule has 1 aliphatic carbocycles. The lowest BCUT2D eigenvalue weighted by molar-refractivity contribution is 0.0696. The van der Waals surface area contributed by atoms with E-state index in [4.69, 9.17) is 18.9 Å². The topological polar surface area (TPSA) is 74.2 Å². The molecule has 4 aromatic rings. The summed E-state index contributed by atoms with van der Waals surface area (Å²) in [6, 6.07) is 16.2. The Hall–Kier alpha value is -3.01. The van der Waals surface area contributed by atoms with Gasteiger partial charge in [0.15, 0.2) is 0 Å². The molecule has 0 unspecified atom stereocenters. The van der Waals surface area contributed by atoms with Gasteiger partial charge in [-0.05, 0) is 85.3 Å². The second kappa shape index (κ2) is 18.0. The Morgan fingerprint density at radius 3 is 0.900 bits per heavy atom. The van der Waals surface area contributed by atoms with E-state index in [-0.39, 0.29) is 5.56 Å². The Morgan fingerprint density at radius 1 is 0.480 bits per heavy atom. The van der Waals surface area contributed by atoms with Crippen LogP contribution in [0.15, 0.2) is 61.9 Å². The van der Waals surface area contributed by atoms with Crippen molar-refractivity contribution in [2.75, 3.05) is 26.4 Å². The van der Waals surface area contributed by atoms with Crippen molar-refractivity contribution in [2.24, 2.45) is 0 Å². The van der Waals surface area contributed by atoms with Crippen molar-refractivity contribution < 1.29 is 28.8 Å². The highest BCUT2D eigenvalue weighted by Crippen LogP contribution is 2.42. The van der Waals surface area contributed by atoms with Crippen LogP contribution in [0.3, 0.4) is 0 Å². The van der Waals surface area contributed by atoms with Crippen molar-refractivity contribution in [3.8, 4) is 23.0 Å².